The van der Waals surface area contributed by atoms with E-state index < -0.39 is 10.0 Å². The summed E-state index contributed by atoms with van der Waals surface area (Å²) in [5.74, 6) is 0.210. The van der Waals surface area contributed by atoms with E-state index in [2.05, 4.69) is 23.6 Å². The number of sulfonamides is 1. The SMILES string of the molecule is CN1CC[C@@]2(C)c3cc(O)ccc3C[C@@H]1[C@@H]2NS(=O)(=O)Cc1ccccc1. The highest BCUT2D eigenvalue weighted by atomic mass is 32.2. The summed E-state index contributed by atoms with van der Waals surface area (Å²) in [5.41, 5.74) is 2.71. The van der Waals surface area contributed by atoms with Crippen LogP contribution in [-0.2, 0) is 27.6 Å². The predicted molar refractivity (Wildman–Crippen MR) is 106 cm³/mol. The monoisotopic (exact) mass is 386 g/mol. The summed E-state index contributed by atoms with van der Waals surface area (Å²) in [7, 11) is -1.43. The van der Waals surface area contributed by atoms with E-state index in [0.717, 1.165) is 30.5 Å². The Labute approximate surface area is 161 Å². The van der Waals surface area contributed by atoms with Crippen LogP contribution in [0.25, 0.3) is 0 Å². The Bertz CT molecular complexity index is 945. The molecule has 144 valence electrons. The molecule has 1 heterocycles. The molecule has 1 aliphatic heterocycles. The topological polar surface area (TPSA) is 69.6 Å². The Hall–Kier alpha value is -1.89. The fraction of sp³-hybridized carbons (Fsp3) is 0.429. The molecular formula is C21H26N2O3S. The molecule has 6 heteroatoms. The van der Waals surface area contributed by atoms with Crippen LogP contribution in [0.4, 0.5) is 0 Å². The van der Waals surface area contributed by atoms with Crippen LogP contribution in [0.3, 0.4) is 0 Å². The molecule has 2 aromatic carbocycles. The van der Waals surface area contributed by atoms with Crippen molar-refractivity contribution in [3.05, 3.63) is 65.2 Å². The van der Waals surface area contributed by atoms with Crippen LogP contribution in [0.15, 0.2) is 48.5 Å². The summed E-state index contributed by atoms with van der Waals surface area (Å²) in [5, 5.41) is 10.0. The van der Waals surface area contributed by atoms with Crippen molar-refractivity contribution in [1.29, 1.82) is 0 Å². The van der Waals surface area contributed by atoms with Crippen molar-refractivity contribution in [2.45, 2.75) is 43.0 Å². The minimum atomic E-state index is -3.49. The lowest BCUT2D eigenvalue weighted by atomic mass is 9.62. The van der Waals surface area contributed by atoms with Crippen molar-refractivity contribution in [3.63, 3.8) is 0 Å². The van der Waals surface area contributed by atoms with Crippen LogP contribution in [0.5, 0.6) is 5.75 Å². The summed E-state index contributed by atoms with van der Waals surface area (Å²) in [6, 6.07) is 14.7. The maximum Gasteiger partial charge on any atom is 0.216 e. The highest BCUT2D eigenvalue weighted by molar-refractivity contribution is 7.88. The van der Waals surface area contributed by atoms with E-state index in [1.165, 1.54) is 5.56 Å². The molecule has 2 N–H and O–H groups in total. The number of phenolic OH excluding ortho intramolecular Hbond substituents is 1. The molecule has 27 heavy (non-hydrogen) atoms. The molecule has 1 fully saturated rings. The van der Waals surface area contributed by atoms with Gasteiger partial charge in [0.25, 0.3) is 0 Å². The largest absolute Gasteiger partial charge is 0.508 e. The van der Waals surface area contributed by atoms with Crippen molar-refractivity contribution in [2.24, 2.45) is 0 Å². The van der Waals surface area contributed by atoms with Crippen LogP contribution in [0.1, 0.15) is 30.0 Å². The lowest BCUT2D eigenvalue weighted by Gasteiger charge is -2.54. The van der Waals surface area contributed by atoms with Gasteiger partial charge in [-0.1, -0.05) is 43.3 Å². The first kappa shape index (κ1) is 18.5. The summed E-state index contributed by atoms with van der Waals surface area (Å²) in [6.07, 6.45) is 1.62. The number of likely N-dealkylation sites (N-methyl/N-ethyl adjacent to an activating group) is 1. The zero-order valence-corrected chi connectivity index (χ0v) is 16.5. The normalized spacial score (nSPS) is 27.9. The predicted octanol–water partition coefficient (Wildman–Crippen LogP) is 2.40. The second-order valence-electron chi connectivity index (χ2n) is 8.10. The van der Waals surface area contributed by atoms with Gasteiger partial charge in [-0.3, -0.25) is 0 Å². The third-order valence-corrected chi connectivity index (χ3v) is 7.59. The first-order valence-corrected chi connectivity index (χ1v) is 11.0. The lowest BCUT2D eigenvalue weighted by Crippen LogP contribution is -2.67. The van der Waals surface area contributed by atoms with Gasteiger partial charge in [0.1, 0.15) is 5.75 Å². The molecule has 5 nitrogen and oxygen atoms in total. The Morgan fingerprint density at radius 1 is 1.22 bits per heavy atom. The minimum Gasteiger partial charge on any atom is -0.508 e. The standard InChI is InChI=1S/C21H26N2O3S/c1-21-10-11-23(2)19(12-16-8-9-17(24)13-18(16)21)20(21)22-27(25,26)14-15-6-4-3-5-7-15/h3-9,13,19-20,22,24H,10-12,14H2,1-2H3/t19-,20+,21+/m1/s1. The summed E-state index contributed by atoms with van der Waals surface area (Å²) in [4.78, 5) is 2.26. The minimum absolute atomic E-state index is 0.0241. The molecule has 0 spiro atoms. The average Bonchev–Trinajstić information content (AvgIpc) is 2.62. The van der Waals surface area contributed by atoms with E-state index in [-0.39, 0.29) is 29.0 Å². The number of nitrogens with one attached hydrogen (secondary N) is 1. The summed E-state index contributed by atoms with van der Waals surface area (Å²) >= 11 is 0. The average molecular weight is 387 g/mol. The Kier molecular flexibility index (Phi) is 4.53. The molecular weight excluding hydrogens is 360 g/mol. The maximum atomic E-state index is 12.9. The number of aromatic hydroxyl groups is 1. The highest BCUT2D eigenvalue weighted by Crippen LogP contribution is 2.45. The van der Waals surface area contributed by atoms with Gasteiger partial charge in [0.15, 0.2) is 0 Å². The molecule has 0 saturated carbocycles. The highest BCUT2D eigenvalue weighted by Gasteiger charge is 2.51. The van der Waals surface area contributed by atoms with Crippen molar-refractivity contribution in [3.8, 4) is 5.75 Å². The van der Waals surface area contributed by atoms with E-state index in [4.69, 9.17) is 0 Å². The molecule has 0 unspecified atom stereocenters. The number of hydrogen-bond donors (Lipinski definition) is 2. The number of hydrogen-bond acceptors (Lipinski definition) is 4. The van der Waals surface area contributed by atoms with Crippen LogP contribution in [0.2, 0.25) is 0 Å². The molecule has 1 saturated heterocycles. The van der Waals surface area contributed by atoms with Gasteiger partial charge >= 0.3 is 0 Å². The van der Waals surface area contributed by atoms with Crippen molar-refractivity contribution >= 4 is 10.0 Å². The first-order valence-electron chi connectivity index (χ1n) is 9.35. The molecule has 2 aromatic rings. The molecule has 0 aromatic heterocycles. The summed E-state index contributed by atoms with van der Waals surface area (Å²) in [6.45, 7) is 3.04. The quantitative estimate of drug-likeness (QED) is 0.847. The van der Waals surface area contributed by atoms with Gasteiger partial charge in [0.2, 0.25) is 10.0 Å². The Morgan fingerprint density at radius 2 is 1.96 bits per heavy atom. The zero-order chi connectivity index (χ0) is 19.2. The number of benzene rings is 2. The second-order valence-corrected chi connectivity index (χ2v) is 9.86. The van der Waals surface area contributed by atoms with Crippen LogP contribution in [0, 0.1) is 0 Å². The van der Waals surface area contributed by atoms with Gasteiger partial charge in [0.05, 0.1) is 5.75 Å². The van der Waals surface area contributed by atoms with Gasteiger partial charge in [0, 0.05) is 17.5 Å². The van der Waals surface area contributed by atoms with Crippen molar-refractivity contribution < 1.29 is 13.5 Å². The number of fused-ring (bicyclic) bond motifs is 4. The molecule has 2 aliphatic rings. The molecule has 1 aliphatic carbocycles. The second kappa shape index (κ2) is 6.62. The van der Waals surface area contributed by atoms with Gasteiger partial charge in [-0.2, -0.15) is 0 Å². The maximum absolute atomic E-state index is 12.9. The molecule has 3 atom stereocenters. The van der Waals surface area contributed by atoms with Crippen molar-refractivity contribution in [2.75, 3.05) is 13.6 Å². The van der Waals surface area contributed by atoms with Gasteiger partial charge in [-0.15, -0.1) is 0 Å². The Morgan fingerprint density at radius 3 is 2.70 bits per heavy atom. The summed E-state index contributed by atoms with van der Waals surface area (Å²) < 4.78 is 28.9. The number of nitrogens with zero attached hydrogens (tertiary/aromatic N) is 1. The number of likely N-dealkylation sites (tertiary alicyclic amines) is 1. The number of phenols is 1. The number of rotatable bonds is 4. The van der Waals surface area contributed by atoms with E-state index >= 15 is 0 Å². The van der Waals surface area contributed by atoms with E-state index in [9.17, 15) is 13.5 Å². The molecule has 4 rings (SSSR count). The molecule has 2 bridgehead atoms. The van der Waals surface area contributed by atoms with Gasteiger partial charge in [-0.25, -0.2) is 13.1 Å². The Balaban J connectivity index is 1.69. The van der Waals surface area contributed by atoms with Gasteiger partial charge < -0.3 is 10.0 Å². The van der Waals surface area contributed by atoms with E-state index in [0.29, 0.717) is 0 Å². The van der Waals surface area contributed by atoms with Crippen molar-refractivity contribution in [1.82, 2.24) is 9.62 Å². The van der Waals surface area contributed by atoms with Crippen LogP contribution >= 0.6 is 0 Å². The third-order valence-electron chi connectivity index (χ3n) is 6.27. The van der Waals surface area contributed by atoms with E-state index in [1.54, 1.807) is 6.07 Å². The molecule has 0 radical (unpaired) electrons. The van der Waals surface area contributed by atoms with E-state index in [1.807, 2.05) is 42.5 Å². The lowest BCUT2D eigenvalue weighted by molar-refractivity contribution is 0.0777. The fourth-order valence-electron chi connectivity index (χ4n) is 4.72. The number of piperidine rings is 1. The molecule has 0 amide bonds. The zero-order valence-electron chi connectivity index (χ0n) is 15.7. The van der Waals surface area contributed by atoms with Crippen LogP contribution in [-0.4, -0.2) is 44.1 Å². The van der Waals surface area contributed by atoms with Crippen LogP contribution < -0.4 is 4.72 Å². The fourth-order valence-corrected chi connectivity index (χ4v) is 6.24. The third kappa shape index (κ3) is 3.37. The smallest absolute Gasteiger partial charge is 0.216 e. The first-order chi connectivity index (χ1) is 12.8. The van der Waals surface area contributed by atoms with Gasteiger partial charge in [-0.05, 0) is 55.3 Å².